The molecule has 0 aromatic rings. The fourth-order valence-corrected chi connectivity index (χ4v) is 1.05. The monoisotopic (exact) mass is 126 g/mol. The fraction of sp³-hybridized carbons (Fsp3) is 0.714. The molecule has 0 spiro atoms. The molecule has 52 valence electrons. The SMILES string of the molecule is CN1C=CCCN(C)C1. The molecule has 0 radical (unpaired) electrons. The molecule has 9 heavy (non-hydrogen) atoms. The zero-order chi connectivity index (χ0) is 6.69. The van der Waals surface area contributed by atoms with Crippen LogP contribution < -0.4 is 0 Å². The van der Waals surface area contributed by atoms with Gasteiger partial charge in [0, 0.05) is 13.6 Å². The fourth-order valence-electron chi connectivity index (χ4n) is 1.05. The van der Waals surface area contributed by atoms with Crippen LogP contribution in [0, 0.1) is 0 Å². The molecule has 0 saturated carbocycles. The van der Waals surface area contributed by atoms with Crippen molar-refractivity contribution in [3.63, 3.8) is 0 Å². The van der Waals surface area contributed by atoms with E-state index >= 15 is 0 Å². The summed E-state index contributed by atoms with van der Waals surface area (Å²) in [6, 6.07) is 0. The van der Waals surface area contributed by atoms with E-state index in [1.165, 1.54) is 13.0 Å². The summed E-state index contributed by atoms with van der Waals surface area (Å²) in [5.74, 6) is 0. The number of nitrogens with zero attached hydrogens (tertiary/aromatic N) is 2. The smallest absolute Gasteiger partial charge is 0.0695 e. The summed E-state index contributed by atoms with van der Waals surface area (Å²) in [6.45, 7) is 2.23. The summed E-state index contributed by atoms with van der Waals surface area (Å²) in [6.07, 6.45) is 5.54. The molecule has 0 aromatic carbocycles. The maximum Gasteiger partial charge on any atom is 0.0695 e. The van der Waals surface area contributed by atoms with Crippen LogP contribution in [0.4, 0.5) is 0 Å². The van der Waals surface area contributed by atoms with Crippen molar-refractivity contribution < 1.29 is 0 Å². The number of hydrogen-bond donors (Lipinski definition) is 0. The normalized spacial score (nSPS) is 22.2. The molecule has 0 fully saturated rings. The zero-order valence-corrected chi connectivity index (χ0v) is 6.17. The average molecular weight is 126 g/mol. The van der Waals surface area contributed by atoms with E-state index in [4.69, 9.17) is 0 Å². The zero-order valence-electron chi connectivity index (χ0n) is 6.17. The molecule has 0 unspecified atom stereocenters. The van der Waals surface area contributed by atoms with Gasteiger partial charge in [-0.25, -0.2) is 0 Å². The first-order valence-electron chi connectivity index (χ1n) is 3.34. The van der Waals surface area contributed by atoms with Crippen LogP contribution in [0.3, 0.4) is 0 Å². The Morgan fingerprint density at radius 3 is 2.89 bits per heavy atom. The van der Waals surface area contributed by atoms with Gasteiger partial charge < -0.3 is 4.90 Å². The molecule has 0 atom stereocenters. The van der Waals surface area contributed by atoms with E-state index in [2.05, 4.69) is 36.2 Å². The maximum absolute atomic E-state index is 2.31. The Labute approximate surface area is 56.8 Å². The highest BCUT2D eigenvalue weighted by molar-refractivity contribution is 4.84. The molecule has 2 heteroatoms. The summed E-state index contributed by atoms with van der Waals surface area (Å²) in [4.78, 5) is 4.49. The van der Waals surface area contributed by atoms with Gasteiger partial charge >= 0.3 is 0 Å². The molecule has 0 N–H and O–H groups in total. The molecule has 0 amide bonds. The molecule has 1 heterocycles. The van der Waals surface area contributed by atoms with Crippen molar-refractivity contribution in [3.05, 3.63) is 12.3 Å². The van der Waals surface area contributed by atoms with Crippen molar-refractivity contribution in [3.8, 4) is 0 Å². The topological polar surface area (TPSA) is 6.48 Å². The van der Waals surface area contributed by atoms with Gasteiger partial charge in [0.2, 0.25) is 0 Å². The molecule has 0 aromatic heterocycles. The first-order chi connectivity index (χ1) is 4.29. The van der Waals surface area contributed by atoms with Crippen LogP contribution in [0.15, 0.2) is 12.3 Å². The van der Waals surface area contributed by atoms with Crippen LogP contribution in [0.1, 0.15) is 6.42 Å². The van der Waals surface area contributed by atoms with Crippen molar-refractivity contribution in [2.75, 3.05) is 27.3 Å². The summed E-state index contributed by atoms with van der Waals surface area (Å²) in [5, 5.41) is 0. The maximum atomic E-state index is 2.31. The Morgan fingerprint density at radius 1 is 1.33 bits per heavy atom. The van der Waals surface area contributed by atoms with E-state index in [0.717, 1.165) is 6.67 Å². The van der Waals surface area contributed by atoms with Crippen LogP contribution in [-0.2, 0) is 0 Å². The highest BCUT2D eigenvalue weighted by Crippen LogP contribution is 1.98. The second kappa shape index (κ2) is 2.87. The Kier molecular flexibility index (Phi) is 2.11. The first kappa shape index (κ1) is 6.62. The molecule has 1 aliphatic rings. The van der Waals surface area contributed by atoms with Crippen LogP contribution in [-0.4, -0.2) is 37.1 Å². The lowest BCUT2D eigenvalue weighted by molar-refractivity contribution is 0.242. The van der Waals surface area contributed by atoms with Crippen LogP contribution in [0.5, 0.6) is 0 Å². The Hall–Kier alpha value is -0.500. The highest BCUT2D eigenvalue weighted by Gasteiger charge is 2.01. The van der Waals surface area contributed by atoms with Crippen molar-refractivity contribution in [2.24, 2.45) is 0 Å². The predicted molar refractivity (Wildman–Crippen MR) is 39.0 cm³/mol. The minimum absolute atomic E-state index is 1.05. The molecule has 2 nitrogen and oxygen atoms in total. The predicted octanol–water partition coefficient (Wildman–Crippen LogP) is 0.725. The standard InChI is InChI=1S/C7H14N2/c1-8-5-3-4-6-9(2)7-8/h3,5H,4,6-7H2,1-2H3. The van der Waals surface area contributed by atoms with Crippen molar-refractivity contribution in [1.29, 1.82) is 0 Å². The van der Waals surface area contributed by atoms with Crippen molar-refractivity contribution in [2.45, 2.75) is 6.42 Å². The number of rotatable bonds is 0. The second-order valence-corrected chi connectivity index (χ2v) is 2.65. The minimum Gasteiger partial charge on any atom is -0.368 e. The van der Waals surface area contributed by atoms with Crippen molar-refractivity contribution in [1.82, 2.24) is 9.80 Å². The lowest BCUT2D eigenvalue weighted by atomic mass is 10.4. The Bertz CT molecular complexity index is 109. The van der Waals surface area contributed by atoms with Gasteiger partial charge in [0.1, 0.15) is 0 Å². The lowest BCUT2D eigenvalue weighted by Gasteiger charge is -2.19. The van der Waals surface area contributed by atoms with E-state index in [-0.39, 0.29) is 0 Å². The van der Waals surface area contributed by atoms with Crippen LogP contribution >= 0.6 is 0 Å². The van der Waals surface area contributed by atoms with E-state index < -0.39 is 0 Å². The third kappa shape index (κ3) is 2.06. The van der Waals surface area contributed by atoms with Gasteiger partial charge in [-0.15, -0.1) is 0 Å². The minimum atomic E-state index is 1.05. The van der Waals surface area contributed by atoms with E-state index in [9.17, 15) is 0 Å². The summed E-state index contributed by atoms with van der Waals surface area (Å²) >= 11 is 0. The molecule has 0 saturated heterocycles. The third-order valence-corrected chi connectivity index (χ3v) is 1.50. The van der Waals surface area contributed by atoms with E-state index in [1.807, 2.05) is 0 Å². The first-order valence-corrected chi connectivity index (χ1v) is 3.34. The second-order valence-electron chi connectivity index (χ2n) is 2.65. The van der Waals surface area contributed by atoms with Gasteiger partial charge in [0.05, 0.1) is 6.67 Å². The summed E-state index contributed by atoms with van der Waals surface area (Å²) < 4.78 is 0. The molecule has 0 bridgehead atoms. The Morgan fingerprint density at radius 2 is 2.11 bits per heavy atom. The largest absolute Gasteiger partial charge is 0.368 e. The van der Waals surface area contributed by atoms with Gasteiger partial charge in [0.15, 0.2) is 0 Å². The molecule has 1 aliphatic heterocycles. The van der Waals surface area contributed by atoms with Gasteiger partial charge in [-0.2, -0.15) is 0 Å². The highest BCUT2D eigenvalue weighted by atomic mass is 15.3. The summed E-state index contributed by atoms with van der Waals surface area (Å²) in [7, 11) is 4.24. The van der Waals surface area contributed by atoms with Crippen molar-refractivity contribution >= 4 is 0 Å². The van der Waals surface area contributed by atoms with Gasteiger partial charge in [-0.05, 0) is 19.7 Å². The van der Waals surface area contributed by atoms with Gasteiger partial charge in [-0.1, -0.05) is 6.08 Å². The van der Waals surface area contributed by atoms with Gasteiger partial charge in [-0.3, -0.25) is 4.90 Å². The third-order valence-electron chi connectivity index (χ3n) is 1.50. The molecular formula is C7H14N2. The van der Waals surface area contributed by atoms with Crippen LogP contribution in [0.2, 0.25) is 0 Å². The van der Waals surface area contributed by atoms with E-state index in [1.54, 1.807) is 0 Å². The quantitative estimate of drug-likeness (QED) is 0.472. The van der Waals surface area contributed by atoms with Gasteiger partial charge in [0.25, 0.3) is 0 Å². The lowest BCUT2D eigenvalue weighted by Crippen LogP contribution is -2.28. The Balaban J connectivity index is 2.40. The average Bonchev–Trinajstić information content (AvgIpc) is 1.93. The summed E-state index contributed by atoms with van der Waals surface area (Å²) in [5.41, 5.74) is 0. The molecule has 0 aliphatic carbocycles. The van der Waals surface area contributed by atoms with E-state index in [0.29, 0.717) is 0 Å². The number of hydrogen-bond acceptors (Lipinski definition) is 2. The molecular weight excluding hydrogens is 112 g/mol. The molecule has 1 rings (SSSR count). The van der Waals surface area contributed by atoms with Crippen LogP contribution in [0.25, 0.3) is 0 Å².